The van der Waals surface area contributed by atoms with Gasteiger partial charge in [-0.05, 0) is 55.7 Å². The van der Waals surface area contributed by atoms with Gasteiger partial charge in [-0.15, -0.1) is 0 Å². The molecular weight excluding hydrogens is 396 g/mol. The molecule has 0 aromatic heterocycles. The molecule has 3 amide bonds. The third-order valence-electron chi connectivity index (χ3n) is 5.48. The fourth-order valence-corrected chi connectivity index (χ4v) is 3.96. The number of benzene rings is 2. The Morgan fingerprint density at radius 3 is 2.35 bits per heavy atom. The molecule has 0 unspecified atom stereocenters. The van der Waals surface area contributed by atoms with E-state index in [2.05, 4.69) is 5.32 Å². The predicted octanol–water partition coefficient (Wildman–Crippen LogP) is 3.25. The van der Waals surface area contributed by atoms with Crippen molar-refractivity contribution in [3.63, 3.8) is 0 Å². The topological polar surface area (TPSA) is 92.8 Å². The number of imide groups is 1. The highest BCUT2D eigenvalue weighted by molar-refractivity contribution is 6.22. The zero-order valence-corrected chi connectivity index (χ0v) is 17.0. The average Bonchev–Trinajstić information content (AvgIpc) is 3.02. The van der Waals surface area contributed by atoms with E-state index in [9.17, 15) is 19.2 Å². The molecule has 2 atom stereocenters. The largest absolute Gasteiger partial charge is 0.452 e. The van der Waals surface area contributed by atoms with Crippen molar-refractivity contribution >= 4 is 35.1 Å². The third kappa shape index (κ3) is 4.26. The summed E-state index contributed by atoms with van der Waals surface area (Å²) in [6.45, 7) is 1.46. The number of hydrogen-bond donors (Lipinski definition) is 1. The maximum Gasteiger partial charge on any atom is 0.338 e. The smallest absolute Gasteiger partial charge is 0.338 e. The molecule has 1 aliphatic heterocycles. The lowest BCUT2D eigenvalue weighted by atomic mass is 9.85. The predicted molar refractivity (Wildman–Crippen MR) is 114 cm³/mol. The van der Waals surface area contributed by atoms with Crippen LogP contribution in [0.1, 0.15) is 28.8 Å². The van der Waals surface area contributed by atoms with Gasteiger partial charge in [0.15, 0.2) is 6.61 Å². The fraction of sp³-hybridized carbons (Fsp3) is 0.250. The molecule has 0 spiro atoms. The standard InChI is InChI=1S/C24H22N2O5/c1-15-6-4-8-17(12-15)25-21(27)14-31-24(30)16-7-5-9-18(13-16)26-22(28)19-10-2-3-11-20(19)23(26)29/h2-9,12-13,19-20H,10-11,14H2,1H3,(H,25,27)/t19-,20-/m1/s1. The Morgan fingerprint density at radius 2 is 1.68 bits per heavy atom. The fourth-order valence-electron chi connectivity index (χ4n) is 3.96. The van der Waals surface area contributed by atoms with Crippen molar-refractivity contribution in [2.75, 3.05) is 16.8 Å². The first-order chi connectivity index (χ1) is 14.9. The van der Waals surface area contributed by atoms with Gasteiger partial charge in [0.2, 0.25) is 11.8 Å². The molecule has 4 rings (SSSR count). The van der Waals surface area contributed by atoms with Crippen molar-refractivity contribution in [1.29, 1.82) is 0 Å². The average molecular weight is 418 g/mol. The van der Waals surface area contributed by atoms with Gasteiger partial charge in [0.05, 0.1) is 23.1 Å². The number of aryl methyl sites for hydroxylation is 1. The van der Waals surface area contributed by atoms with Crippen LogP contribution in [-0.2, 0) is 19.1 Å². The van der Waals surface area contributed by atoms with Crippen molar-refractivity contribution in [2.45, 2.75) is 19.8 Å². The van der Waals surface area contributed by atoms with Gasteiger partial charge in [0.25, 0.3) is 5.91 Å². The molecule has 2 aromatic rings. The third-order valence-corrected chi connectivity index (χ3v) is 5.48. The summed E-state index contributed by atoms with van der Waals surface area (Å²) >= 11 is 0. The van der Waals surface area contributed by atoms with Gasteiger partial charge in [-0.25, -0.2) is 4.79 Å². The summed E-state index contributed by atoms with van der Waals surface area (Å²) in [5.74, 6) is -2.36. The van der Waals surface area contributed by atoms with Gasteiger partial charge in [-0.2, -0.15) is 0 Å². The Balaban J connectivity index is 1.41. The summed E-state index contributed by atoms with van der Waals surface area (Å²) in [4.78, 5) is 51.2. The van der Waals surface area contributed by atoms with Crippen LogP contribution in [-0.4, -0.2) is 30.3 Å². The van der Waals surface area contributed by atoms with E-state index in [0.29, 0.717) is 24.2 Å². The minimum absolute atomic E-state index is 0.162. The molecule has 7 nitrogen and oxygen atoms in total. The van der Waals surface area contributed by atoms with E-state index in [0.717, 1.165) is 10.5 Å². The lowest BCUT2D eigenvalue weighted by molar-refractivity contribution is -0.122. The second-order valence-corrected chi connectivity index (χ2v) is 7.71. The van der Waals surface area contributed by atoms with Gasteiger partial charge >= 0.3 is 5.97 Å². The van der Waals surface area contributed by atoms with Crippen molar-refractivity contribution < 1.29 is 23.9 Å². The van der Waals surface area contributed by atoms with Crippen molar-refractivity contribution in [2.24, 2.45) is 11.8 Å². The Morgan fingerprint density at radius 1 is 1.00 bits per heavy atom. The molecule has 7 heteroatoms. The Kier molecular flexibility index (Phi) is 5.66. The number of hydrogen-bond acceptors (Lipinski definition) is 5. The van der Waals surface area contributed by atoms with Crippen LogP contribution < -0.4 is 10.2 Å². The zero-order valence-electron chi connectivity index (χ0n) is 17.0. The number of esters is 1. The van der Waals surface area contributed by atoms with E-state index < -0.39 is 18.5 Å². The summed E-state index contributed by atoms with van der Waals surface area (Å²) in [6.07, 6.45) is 4.93. The first-order valence-corrected chi connectivity index (χ1v) is 10.1. The molecule has 158 valence electrons. The molecule has 1 heterocycles. The second kappa shape index (κ2) is 8.55. The van der Waals surface area contributed by atoms with Crippen LogP contribution in [0.5, 0.6) is 0 Å². The first kappa shape index (κ1) is 20.5. The van der Waals surface area contributed by atoms with Crippen LogP contribution in [0.15, 0.2) is 60.7 Å². The van der Waals surface area contributed by atoms with Crippen molar-refractivity contribution in [1.82, 2.24) is 0 Å². The molecule has 1 fully saturated rings. The number of nitrogens with zero attached hydrogens (tertiary/aromatic N) is 1. The van der Waals surface area contributed by atoms with Crippen LogP contribution in [0, 0.1) is 18.8 Å². The number of fused-ring (bicyclic) bond motifs is 1. The van der Waals surface area contributed by atoms with Gasteiger partial charge in [-0.1, -0.05) is 30.4 Å². The highest BCUT2D eigenvalue weighted by atomic mass is 16.5. The summed E-state index contributed by atoms with van der Waals surface area (Å²) in [5.41, 5.74) is 2.11. The van der Waals surface area contributed by atoms with Gasteiger partial charge in [0, 0.05) is 5.69 Å². The highest BCUT2D eigenvalue weighted by Gasteiger charge is 2.47. The zero-order chi connectivity index (χ0) is 22.0. The Hall–Kier alpha value is -3.74. The number of allylic oxidation sites excluding steroid dienone is 2. The second-order valence-electron chi connectivity index (χ2n) is 7.71. The number of amides is 3. The minimum atomic E-state index is -0.709. The molecule has 1 saturated heterocycles. The van der Waals surface area contributed by atoms with Crippen molar-refractivity contribution in [3.8, 4) is 0 Å². The summed E-state index contributed by atoms with van der Waals surface area (Å²) in [6, 6.07) is 13.4. The number of carbonyl (C=O) groups excluding carboxylic acids is 4. The van der Waals surface area contributed by atoms with Gasteiger partial charge in [-0.3, -0.25) is 19.3 Å². The van der Waals surface area contributed by atoms with E-state index >= 15 is 0 Å². The van der Waals surface area contributed by atoms with Crippen molar-refractivity contribution in [3.05, 3.63) is 71.8 Å². The summed E-state index contributed by atoms with van der Waals surface area (Å²) in [7, 11) is 0. The van der Waals surface area contributed by atoms with E-state index in [-0.39, 0.29) is 29.2 Å². The molecule has 0 radical (unpaired) electrons. The molecule has 2 aliphatic rings. The number of ether oxygens (including phenoxy) is 1. The molecule has 1 aliphatic carbocycles. The molecule has 31 heavy (non-hydrogen) atoms. The number of rotatable bonds is 5. The summed E-state index contributed by atoms with van der Waals surface area (Å²) < 4.78 is 5.11. The van der Waals surface area contributed by atoms with E-state index in [1.54, 1.807) is 24.3 Å². The van der Waals surface area contributed by atoms with E-state index in [1.165, 1.54) is 12.1 Å². The van der Waals surface area contributed by atoms with E-state index in [4.69, 9.17) is 4.74 Å². The molecule has 0 saturated carbocycles. The Labute approximate surface area is 179 Å². The summed E-state index contributed by atoms with van der Waals surface area (Å²) in [5, 5.41) is 2.67. The maximum atomic E-state index is 12.7. The maximum absolute atomic E-state index is 12.7. The highest BCUT2D eigenvalue weighted by Crippen LogP contribution is 2.37. The van der Waals surface area contributed by atoms with Crippen LogP contribution in [0.25, 0.3) is 0 Å². The minimum Gasteiger partial charge on any atom is -0.452 e. The molecule has 1 N–H and O–H groups in total. The van der Waals surface area contributed by atoms with Gasteiger partial charge in [0.1, 0.15) is 0 Å². The molecular formula is C24H22N2O5. The Bertz CT molecular complexity index is 1060. The number of anilines is 2. The number of nitrogens with one attached hydrogen (secondary N) is 1. The van der Waals surface area contributed by atoms with E-state index in [1.807, 2.05) is 31.2 Å². The van der Waals surface area contributed by atoms with Crippen LogP contribution in [0.2, 0.25) is 0 Å². The number of carbonyl (C=O) groups is 4. The molecule has 2 aromatic carbocycles. The van der Waals surface area contributed by atoms with Gasteiger partial charge < -0.3 is 10.1 Å². The normalized spacial score (nSPS) is 19.8. The monoisotopic (exact) mass is 418 g/mol. The van der Waals surface area contributed by atoms with Crippen LogP contribution in [0.4, 0.5) is 11.4 Å². The first-order valence-electron chi connectivity index (χ1n) is 10.1. The quantitative estimate of drug-likeness (QED) is 0.457. The lowest BCUT2D eigenvalue weighted by Crippen LogP contribution is -2.31. The lowest BCUT2D eigenvalue weighted by Gasteiger charge is -2.15. The van der Waals surface area contributed by atoms with Crippen LogP contribution in [0.3, 0.4) is 0 Å². The SMILES string of the molecule is Cc1cccc(NC(=O)COC(=O)c2cccc(N3C(=O)[C@@H]4CC=CC[C@H]4C3=O)c2)c1. The van der Waals surface area contributed by atoms with Crippen LogP contribution >= 0.6 is 0 Å². The molecule has 0 bridgehead atoms.